The average Bonchev–Trinajstić information content (AvgIpc) is 2.43. The van der Waals surface area contributed by atoms with Crippen molar-refractivity contribution in [2.45, 2.75) is 6.92 Å². The van der Waals surface area contributed by atoms with E-state index in [0.717, 1.165) is 15.7 Å². The molecule has 0 heterocycles. The first-order chi connectivity index (χ1) is 10.0. The summed E-state index contributed by atoms with van der Waals surface area (Å²) in [6.07, 6.45) is 1.86. The number of halogens is 1. The second-order valence-corrected chi connectivity index (χ2v) is 5.00. The molecule has 0 fully saturated rings. The minimum absolute atomic E-state index is 0.219. The van der Waals surface area contributed by atoms with Crippen LogP contribution in [0.1, 0.15) is 6.92 Å². The molecule has 1 rings (SSSR count). The van der Waals surface area contributed by atoms with Gasteiger partial charge >= 0.3 is 11.9 Å². The van der Waals surface area contributed by atoms with Crippen molar-refractivity contribution in [1.29, 1.82) is 0 Å². The van der Waals surface area contributed by atoms with Crippen LogP contribution in [0.25, 0.3) is 0 Å². The number of ether oxygens (including phenoxy) is 2. The van der Waals surface area contributed by atoms with Gasteiger partial charge in [0.05, 0.1) is 6.61 Å². The molecule has 0 unspecified atom stereocenters. The summed E-state index contributed by atoms with van der Waals surface area (Å²) in [5, 5.41) is 2.59. The topological polar surface area (TPSA) is 81.7 Å². The van der Waals surface area contributed by atoms with Crippen LogP contribution in [0.2, 0.25) is 0 Å². The van der Waals surface area contributed by atoms with Crippen LogP contribution in [-0.4, -0.2) is 31.1 Å². The van der Waals surface area contributed by atoms with Gasteiger partial charge in [0.15, 0.2) is 6.61 Å². The Bertz CT molecular complexity index is 556. The van der Waals surface area contributed by atoms with Gasteiger partial charge in [-0.1, -0.05) is 6.07 Å². The third-order valence-electron chi connectivity index (χ3n) is 2.10. The van der Waals surface area contributed by atoms with Crippen molar-refractivity contribution in [3.8, 4) is 0 Å². The van der Waals surface area contributed by atoms with Gasteiger partial charge < -0.3 is 14.8 Å². The average molecular weight is 403 g/mol. The van der Waals surface area contributed by atoms with Crippen LogP contribution < -0.4 is 5.32 Å². The quantitative estimate of drug-likeness (QED) is 0.446. The van der Waals surface area contributed by atoms with E-state index in [4.69, 9.17) is 0 Å². The van der Waals surface area contributed by atoms with Gasteiger partial charge in [-0.15, -0.1) is 0 Å². The lowest BCUT2D eigenvalue weighted by molar-refractivity contribution is -0.143. The summed E-state index contributed by atoms with van der Waals surface area (Å²) in [4.78, 5) is 33.8. The van der Waals surface area contributed by atoms with Crippen molar-refractivity contribution in [3.05, 3.63) is 40.0 Å². The maximum atomic E-state index is 11.6. The van der Waals surface area contributed by atoms with E-state index in [1.54, 1.807) is 25.1 Å². The van der Waals surface area contributed by atoms with E-state index >= 15 is 0 Å². The molecule has 1 aromatic carbocycles. The highest BCUT2D eigenvalue weighted by Crippen LogP contribution is 2.12. The zero-order valence-corrected chi connectivity index (χ0v) is 13.5. The van der Waals surface area contributed by atoms with Gasteiger partial charge in [0, 0.05) is 21.4 Å². The van der Waals surface area contributed by atoms with Gasteiger partial charge in [0.25, 0.3) is 5.91 Å². The van der Waals surface area contributed by atoms with Crippen molar-refractivity contribution >= 4 is 46.1 Å². The summed E-state index contributed by atoms with van der Waals surface area (Å²) in [5.74, 6) is -1.89. The van der Waals surface area contributed by atoms with Gasteiger partial charge in [0.1, 0.15) is 0 Å². The Labute approximate surface area is 135 Å². The maximum absolute atomic E-state index is 11.6. The lowest BCUT2D eigenvalue weighted by atomic mass is 10.3. The van der Waals surface area contributed by atoms with Crippen LogP contribution in [0.15, 0.2) is 36.4 Å². The van der Waals surface area contributed by atoms with E-state index in [-0.39, 0.29) is 6.61 Å². The normalized spacial score (nSPS) is 10.2. The molecule has 0 aromatic heterocycles. The third-order valence-corrected chi connectivity index (χ3v) is 2.77. The molecule has 0 aliphatic heterocycles. The highest BCUT2D eigenvalue weighted by Gasteiger charge is 2.06. The first kappa shape index (κ1) is 17.2. The second kappa shape index (κ2) is 9.11. The molecule has 21 heavy (non-hydrogen) atoms. The highest BCUT2D eigenvalue weighted by atomic mass is 127. The summed E-state index contributed by atoms with van der Waals surface area (Å²) in [5.41, 5.74) is 0.616. The Morgan fingerprint density at radius 1 is 1.19 bits per heavy atom. The Hall–Kier alpha value is -1.90. The van der Waals surface area contributed by atoms with E-state index in [9.17, 15) is 14.4 Å². The van der Waals surface area contributed by atoms with E-state index in [2.05, 4.69) is 37.4 Å². The minimum Gasteiger partial charge on any atom is -0.463 e. The molecule has 112 valence electrons. The van der Waals surface area contributed by atoms with E-state index in [1.165, 1.54) is 0 Å². The Kier molecular flexibility index (Phi) is 7.44. The van der Waals surface area contributed by atoms with Gasteiger partial charge in [-0.05, 0) is 47.7 Å². The van der Waals surface area contributed by atoms with Gasteiger partial charge in [-0.2, -0.15) is 0 Å². The molecule has 1 aromatic rings. The summed E-state index contributed by atoms with van der Waals surface area (Å²) in [6.45, 7) is 1.44. The smallest absolute Gasteiger partial charge is 0.331 e. The molecule has 0 saturated carbocycles. The molecule has 1 amide bonds. The van der Waals surface area contributed by atoms with E-state index in [0.29, 0.717) is 5.69 Å². The minimum atomic E-state index is -0.791. The van der Waals surface area contributed by atoms with Crippen LogP contribution >= 0.6 is 22.6 Å². The number of anilines is 1. The molecule has 0 aliphatic rings. The molecular weight excluding hydrogens is 389 g/mol. The fourth-order valence-electron chi connectivity index (χ4n) is 1.27. The molecular formula is C14H14INO5. The third kappa shape index (κ3) is 7.45. The predicted molar refractivity (Wildman–Crippen MR) is 84.5 cm³/mol. The maximum Gasteiger partial charge on any atom is 0.331 e. The number of hydrogen-bond donors (Lipinski definition) is 1. The van der Waals surface area contributed by atoms with Crippen LogP contribution in [0.5, 0.6) is 0 Å². The zero-order valence-electron chi connectivity index (χ0n) is 11.3. The number of carbonyl (C=O) groups excluding carboxylic acids is 3. The lowest BCUT2D eigenvalue weighted by Crippen LogP contribution is -2.20. The predicted octanol–water partition coefficient (Wildman–Crippen LogP) is 1.89. The second-order valence-electron chi connectivity index (χ2n) is 3.75. The molecule has 0 atom stereocenters. The molecule has 6 nitrogen and oxygen atoms in total. The van der Waals surface area contributed by atoms with Gasteiger partial charge in [-0.25, -0.2) is 9.59 Å². The molecule has 1 N–H and O–H groups in total. The fraction of sp³-hybridized carbons (Fsp3) is 0.214. The van der Waals surface area contributed by atoms with Gasteiger partial charge in [-0.3, -0.25) is 4.79 Å². The largest absolute Gasteiger partial charge is 0.463 e. The summed E-state index contributed by atoms with van der Waals surface area (Å²) in [6, 6.07) is 7.19. The fourth-order valence-corrected chi connectivity index (χ4v) is 1.82. The molecule has 0 spiro atoms. The summed E-state index contributed by atoms with van der Waals surface area (Å²) >= 11 is 2.12. The molecule has 0 saturated heterocycles. The highest BCUT2D eigenvalue weighted by molar-refractivity contribution is 14.1. The standard InChI is InChI=1S/C14H14INO5/c1-2-20-13(18)6-7-14(19)21-9-12(17)16-11-5-3-4-10(15)8-11/h3-8H,2,9H2,1H3,(H,16,17)/b7-6+. The van der Waals surface area contributed by atoms with Crippen molar-refractivity contribution in [3.63, 3.8) is 0 Å². The van der Waals surface area contributed by atoms with Crippen molar-refractivity contribution in [2.24, 2.45) is 0 Å². The summed E-state index contributed by atoms with van der Waals surface area (Å²) in [7, 11) is 0. The number of rotatable bonds is 6. The van der Waals surface area contributed by atoms with Crippen LogP contribution in [0.4, 0.5) is 5.69 Å². The van der Waals surface area contributed by atoms with E-state index < -0.39 is 24.5 Å². The Morgan fingerprint density at radius 2 is 1.86 bits per heavy atom. The molecule has 0 bridgehead atoms. The van der Waals surface area contributed by atoms with Crippen molar-refractivity contribution < 1.29 is 23.9 Å². The van der Waals surface area contributed by atoms with Crippen molar-refractivity contribution in [2.75, 3.05) is 18.5 Å². The van der Waals surface area contributed by atoms with E-state index in [1.807, 2.05) is 6.07 Å². The first-order valence-corrected chi connectivity index (χ1v) is 7.16. The number of carbonyl (C=O) groups is 3. The Balaban J connectivity index is 2.36. The monoisotopic (exact) mass is 403 g/mol. The molecule has 0 aliphatic carbocycles. The first-order valence-electron chi connectivity index (χ1n) is 6.08. The number of amides is 1. The Morgan fingerprint density at radius 3 is 2.48 bits per heavy atom. The number of hydrogen-bond acceptors (Lipinski definition) is 5. The van der Waals surface area contributed by atoms with Crippen LogP contribution in [0.3, 0.4) is 0 Å². The lowest BCUT2D eigenvalue weighted by Gasteiger charge is -2.05. The van der Waals surface area contributed by atoms with Crippen LogP contribution in [0, 0.1) is 3.57 Å². The SMILES string of the molecule is CCOC(=O)/C=C/C(=O)OCC(=O)Nc1cccc(I)c1. The van der Waals surface area contributed by atoms with Crippen molar-refractivity contribution in [1.82, 2.24) is 0 Å². The number of benzene rings is 1. The molecule has 0 radical (unpaired) electrons. The van der Waals surface area contributed by atoms with Gasteiger partial charge in [0.2, 0.25) is 0 Å². The number of nitrogens with one attached hydrogen (secondary N) is 1. The molecule has 7 heteroatoms. The summed E-state index contributed by atoms with van der Waals surface area (Å²) < 4.78 is 10.3. The zero-order chi connectivity index (χ0) is 15.7. The van der Waals surface area contributed by atoms with Crippen LogP contribution in [-0.2, 0) is 23.9 Å². The number of esters is 2.